The number of likely N-dealkylation sites (tertiary alicyclic amines) is 1. The molecule has 1 aromatic carbocycles. The van der Waals surface area contributed by atoms with Crippen molar-refractivity contribution in [3.8, 4) is 11.5 Å². The summed E-state index contributed by atoms with van der Waals surface area (Å²) in [7, 11) is 0. The highest BCUT2D eigenvalue weighted by atomic mass is 16.2. The number of hydrogen-bond donors (Lipinski definition) is 0. The van der Waals surface area contributed by atoms with Gasteiger partial charge in [0.05, 0.1) is 5.56 Å². The van der Waals surface area contributed by atoms with Gasteiger partial charge in [0.15, 0.2) is 5.82 Å². The smallest absolute Gasteiger partial charge is 0.256 e. The summed E-state index contributed by atoms with van der Waals surface area (Å²) < 4.78 is 0. The van der Waals surface area contributed by atoms with E-state index in [0.29, 0.717) is 23.1 Å². The second-order valence-corrected chi connectivity index (χ2v) is 8.02. The van der Waals surface area contributed by atoms with E-state index >= 15 is 0 Å². The molecule has 1 saturated heterocycles. The van der Waals surface area contributed by atoms with Crippen molar-refractivity contribution in [2.75, 3.05) is 19.6 Å². The zero-order chi connectivity index (χ0) is 20.3. The average Bonchev–Trinajstić information content (AvgIpc) is 2.84. The monoisotopic (exact) mass is 399 g/mol. The Morgan fingerprint density at radius 2 is 1.60 bits per heavy atom. The molecule has 0 atom stereocenters. The Bertz CT molecular complexity index is 1010. The van der Waals surface area contributed by atoms with Gasteiger partial charge >= 0.3 is 0 Å². The van der Waals surface area contributed by atoms with Crippen LogP contribution in [0.25, 0.3) is 11.5 Å². The number of nitrogens with zero attached hydrogens (tertiary/aromatic N) is 5. The molecule has 6 nitrogen and oxygen atoms in total. The van der Waals surface area contributed by atoms with Crippen LogP contribution < -0.4 is 0 Å². The molecular formula is C24H25N5O. The van der Waals surface area contributed by atoms with Crippen LogP contribution in [0.5, 0.6) is 0 Å². The van der Waals surface area contributed by atoms with Crippen LogP contribution >= 0.6 is 0 Å². The van der Waals surface area contributed by atoms with Gasteiger partial charge in [-0.15, -0.1) is 0 Å². The number of carbonyl (C=O) groups excluding carboxylic acids is 1. The van der Waals surface area contributed by atoms with Crippen LogP contribution in [0.15, 0.2) is 61.1 Å². The molecule has 5 rings (SSSR count). The second kappa shape index (κ2) is 8.32. The highest BCUT2D eigenvalue weighted by molar-refractivity contribution is 5.93. The fourth-order valence-corrected chi connectivity index (χ4v) is 4.51. The number of rotatable bonds is 3. The van der Waals surface area contributed by atoms with E-state index in [2.05, 4.69) is 44.1 Å². The minimum absolute atomic E-state index is 0.0185. The highest BCUT2D eigenvalue weighted by Crippen LogP contribution is 2.25. The lowest BCUT2D eigenvalue weighted by Gasteiger charge is -2.40. The average molecular weight is 399 g/mol. The number of benzene rings is 1. The molecule has 2 aliphatic rings. The summed E-state index contributed by atoms with van der Waals surface area (Å²) in [5, 5.41) is 0. The lowest BCUT2D eigenvalue weighted by atomic mass is 9.95. The molecule has 30 heavy (non-hydrogen) atoms. The van der Waals surface area contributed by atoms with Gasteiger partial charge in [-0.2, -0.15) is 0 Å². The zero-order valence-electron chi connectivity index (χ0n) is 16.9. The van der Waals surface area contributed by atoms with Crippen LogP contribution in [0, 0.1) is 0 Å². The predicted octanol–water partition coefficient (Wildman–Crippen LogP) is 3.20. The lowest BCUT2D eigenvalue weighted by Crippen LogP contribution is -2.48. The second-order valence-electron chi connectivity index (χ2n) is 8.02. The van der Waals surface area contributed by atoms with E-state index in [0.717, 1.165) is 45.4 Å². The number of aromatic nitrogens is 3. The number of pyridine rings is 1. The van der Waals surface area contributed by atoms with Crippen molar-refractivity contribution in [1.29, 1.82) is 0 Å². The van der Waals surface area contributed by atoms with Crippen molar-refractivity contribution in [2.45, 2.75) is 31.8 Å². The Kier molecular flexibility index (Phi) is 5.24. The van der Waals surface area contributed by atoms with Crippen molar-refractivity contribution in [3.05, 3.63) is 77.7 Å². The Morgan fingerprint density at radius 1 is 0.867 bits per heavy atom. The Labute approximate surface area is 176 Å². The summed E-state index contributed by atoms with van der Waals surface area (Å²) in [6, 6.07) is 14.9. The van der Waals surface area contributed by atoms with E-state index in [1.165, 1.54) is 11.1 Å². The maximum Gasteiger partial charge on any atom is 0.256 e. The summed E-state index contributed by atoms with van der Waals surface area (Å²) >= 11 is 0. The molecule has 1 fully saturated rings. The van der Waals surface area contributed by atoms with Gasteiger partial charge < -0.3 is 4.90 Å². The van der Waals surface area contributed by atoms with E-state index in [1.807, 2.05) is 23.1 Å². The Morgan fingerprint density at radius 3 is 2.33 bits per heavy atom. The summed E-state index contributed by atoms with van der Waals surface area (Å²) in [5.74, 6) is 0.557. The van der Waals surface area contributed by atoms with Gasteiger partial charge in [0, 0.05) is 50.8 Å². The maximum atomic E-state index is 12.9. The van der Waals surface area contributed by atoms with Crippen LogP contribution in [-0.4, -0.2) is 56.3 Å². The molecule has 0 unspecified atom stereocenters. The van der Waals surface area contributed by atoms with Crippen LogP contribution in [0.3, 0.4) is 0 Å². The normalized spacial score (nSPS) is 17.5. The predicted molar refractivity (Wildman–Crippen MR) is 115 cm³/mol. The number of carbonyl (C=O) groups is 1. The quantitative estimate of drug-likeness (QED) is 0.677. The molecular weight excluding hydrogens is 374 g/mol. The summed E-state index contributed by atoms with van der Waals surface area (Å²) in [6.07, 6.45) is 8.10. The highest BCUT2D eigenvalue weighted by Gasteiger charge is 2.29. The Hall–Kier alpha value is -3.12. The third-order valence-corrected chi connectivity index (χ3v) is 6.22. The molecule has 0 aliphatic carbocycles. The molecule has 0 radical (unpaired) electrons. The van der Waals surface area contributed by atoms with Crippen LogP contribution in [-0.2, 0) is 13.0 Å². The first-order valence-electron chi connectivity index (χ1n) is 10.6. The third kappa shape index (κ3) is 3.83. The van der Waals surface area contributed by atoms with Crippen LogP contribution in [0.2, 0.25) is 0 Å². The molecule has 1 amide bonds. The van der Waals surface area contributed by atoms with E-state index < -0.39 is 0 Å². The Balaban J connectivity index is 1.19. The summed E-state index contributed by atoms with van der Waals surface area (Å²) in [4.78, 5) is 30.4. The van der Waals surface area contributed by atoms with E-state index in [-0.39, 0.29) is 5.91 Å². The van der Waals surface area contributed by atoms with Crippen molar-refractivity contribution in [2.24, 2.45) is 0 Å². The van der Waals surface area contributed by atoms with Crippen molar-refractivity contribution in [3.63, 3.8) is 0 Å². The van der Waals surface area contributed by atoms with Crippen molar-refractivity contribution in [1.82, 2.24) is 24.8 Å². The zero-order valence-corrected chi connectivity index (χ0v) is 16.9. The topological polar surface area (TPSA) is 62.2 Å². The van der Waals surface area contributed by atoms with Gasteiger partial charge in [-0.3, -0.25) is 14.7 Å². The van der Waals surface area contributed by atoms with Gasteiger partial charge in [-0.1, -0.05) is 30.3 Å². The molecule has 0 bridgehead atoms. The molecule has 6 heteroatoms. The minimum Gasteiger partial charge on any atom is -0.338 e. The number of hydrogen-bond acceptors (Lipinski definition) is 5. The van der Waals surface area contributed by atoms with Crippen LogP contribution in [0.1, 0.15) is 34.3 Å². The molecule has 2 aromatic heterocycles. The summed E-state index contributed by atoms with van der Waals surface area (Å²) in [6.45, 7) is 3.70. The van der Waals surface area contributed by atoms with Gasteiger partial charge in [-0.05, 0) is 42.5 Å². The van der Waals surface area contributed by atoms with Gasteiger partial charge in [0.25, 0.3) is 5.91 Å². The first-order valence-corrected chi connectivity index (χ1v) is 10.6. The third-order valence-electron chi connectivity index (χ3n) is 6.22. The fraction of sp³-hybridized carbons (Fsp3) is 0.333. The molecule has 152 valence electrons. The fourth-order valence-electron chi connectivity index (χ4n) is 4.51. The largest absolute Gasteiger partial charge is 0.338 e. The maximum absolute atomic E-state index is 12.9. The molecule has 2 aliphatic heterocycles. The lowest BCUT2D eigenvalue weighted by molar-refractivity contribution is 0.0598. The van der Waals surface area contributed by atoms with Crippen LogP contribution in [0.4, 0.5) is 0 Å². The first-order chi connectivity index (χ1) is 14.8. The molecule has 0 saturated carbocycles. The molecule has 0 spiro atoms. The molecule has 0 N–H and O–H groups in total. The molecule has 3 aromatic rings. The SMILES string of the molecule is O=C(c1cnc(-c2ccccn2)nc1)N1CCC(N2CCc3ccccc3C2)CC1. The van der Waals surface area contributed by atoms with Gasteiger partial charge in [0.1, 0.15) is 5.69 Å². The van der Waals surface area contributed by atoms with Crippen molar-refractivity contribution < 1.29 is 4.79 Å². The number of piperidine rings is 1. The van der Waals surface area contributed by atoms with Crippen molar-refractivity contribution >= 4 is 5.91 Å². The van der Waals surface area contributed by atoms with Gasteiger partial charge in [-0.25, -0.2) is 9.97 Å². The molecule has 4 heterocycles. The van der Waals surface area contributed by atoms with Gasteiger partial charge in [0.2, 0.25) is 0 Å². The standard InChI is InChI=1S/C24H25N5O/c30-24(20-15-26-23(27-16-20)22-7-3-4-11-25-22)28-13-9-21(10-14-28)29-12-8-18-5-1-2-6-19(18)17-29/h1-7,11,15-16,21H,8-10,12-14,17H2. The minimum atomic E-state index is 0.0185. The number of fused-ring (bicyclic) bond motifs is 1. The van der Waals surface area contributed by atoms with E-state index in [4.69, 9.17) is 0 Å². The van der Waals surface area contributed by atoms with E-state index in [9.17, 15) is 4.79 Å². The number of amides is 1. The van der Waals surface area contributed by atoms with E-state index in [1.54, 1.807) is 18.6 Å². The summed E-state index contributed by atoms with van der Waals surface area (Å²) in [5.41, 5.74) is 4.18. The first kappa shape index (κ1) is 18.9.